The molecule has 0 saturated heterocycles. The van der Waals surface area contributed by atoms with E-state index in [0.717, 1.165) is 0 Å². The number of aryl methyl sites for hydroxylation is 2. The summed E-state index contributed by atoms with van der Waals surface area (Å²) in [6.07, 6.45) is 2.72. The van der Waals surface area contributed by atoms with E-state index in [-0.39, 0.29) is 5.03 Å². The molecule has 0 atom stereocenters. The molecule has 11 heavy (non-hydrogen) atoms. The SMILES string of the molecule is Cc1cnn(C)c1S(C)(=O)=O. The minimum Gasteiger partial charge on any atom is -0.257 e. The number of hydrogen-bond donors (Lipinski definition) is 0. The van der Waals surface area contributed by atoms with Gasteiger partial charge in [0.2, 0.25) is 0 Å². The average Bonchev–Trinajstić information content (AvgIpc) is 2.08. The summed E-state index contributed by atoms with van der Waals surface area (Å²) >= 11 is 0. The maximum absolute atomic E-state index is 11.1. The van der Waals surface area contributed by atoms with Crippen molar-refractivity contribution in [1.29, 1.82) is 0 Å². The Labute approximate surface area is 65.8 Å². The second-order valence-corrected chi connectivity index (χ2v) is 4.46. The van der Waals surface area contributed by atoms with E-state index in [1.54, 1.807) is 14.0 Å². The lowest BCUT2D eigenvalue weighted by molar-refractivity contribution is 0.581. The maximum atomic E-state index is 11.1. The molecule has 0 saturated carbocycles. The van der Waals surface area contributed by atoms with Gasteiger partial charge >= 0.3 is 0 Å². The van der Waals surface area contributed by atoms with Gasteiger partial charge < -0.3 is 0 Å². The number of nitrogens with zero attached hydrogens (tertiary/aromatic N) is 2. The monoisotopic (exact) mass is 174 g/mol. The first-order valence-corrected chi connectivity index (χ1v) is 5.00. The van der Waals surface area contributed by atoms with E-state index < -0.39 is 9.84 Å². The van der Waals surface area contributed by atoms with E-state index in [1.807, 2.05) is 0 Å². The van der Waals surface area contributed by atoms with Crippen molar-refractivity contribution in [3.05, 3.63) is 11.8 Å². The summed E-state index contributed by atoms with van der Waals surface area (Å²) in [6, 6.07) is 0. The molecule has 1 aromatic rings. The average molecular weight is 174 g/mol. The van der Waals surface area contributed by atoms with Crippen molar-refractivity contribution in [2.24, 2.45) is 7.05 Å². The van der Waals surface area contributed by atoms with Crippen LogP contribution in [0.2, 0.25) is 0 Å². The van der Waals surface area contributed by atoms with Crippen LogP contribution < -0.4 is 0 Å². The van der Waals surface area contributed by atoms with Gasteiger partial charge in [0, 0.05) is 18.9 Å². The van der Waals surface area contributed by atoms with E-state index in [9.17, 15) is 8.42 Å². The van der Waals surface area contributed by atoms with Crippen molar-refractivity contribution in [2.45, 2.75) is 11.9 Å². The van der Waals surface area contributed by atoms with Gasteiger partial charge in [0.15, 0.2) is 14.9 Å². The van der Waals surface area contributed by atoms with Crippen molar-refractivity contribution in [1.82, 2.24) is 9.78 Å². The Hall–Kier alpha value is -0.840. The fraction of sp³-hybridized carbons (Fsp3) is 0.500. The van der Waals surface area contributed by atoms with E-state index in [4.69, 9.17) is 0 Å². The zero-order valence-corrected chi connectivity index (χ0v) is 7.51. The van der Waals surface area contributed by atoms with Crippen molar-refractivity contribution in [3.8, 4) is 0 Å². The fourth-order valence-electron chi connectivity index (χ4n) is 1.07. The van der Waals surface area contributed by atoms with E-state index in [2.05, 4.69) is 5.10 Å². The second-order valence-electron chi connectivity index (χ2n) is 2.53. The van der Waals surface area contributed by atoms with Crippen molar-refractivity contribution < 1.29 is 8.42 Å². The van der Waals surface area contributed by atoms with Crippen LogP contribution in [0.25, 0.3) is 0 Å². The van der Waals surface area contributed by atoms with E-state index in [0.29, 0.717) is 5.56 Å². The molecule has 1 heterocycles. The molecule has 0 fully saturated rings. The Bertz CT molecular complexity index is 344. The molecule has 62 valence electrons. The predicted molar refractivity (Wildman–Crippen MR) is 41.1 cm³/mol. The molecule has 0 bridgehead atoms. The molecule has 5 heteroatoms. The standard InChI is InChI=1S/C6H10N2O2S/c1-5-4-7-8(2)6(5)11(3,9)10/h4H,1-3H3. The molecule has 0 amide bonds. The predicted octanol–water partition coefficient (Wildman–Crippen LogP) is 0.132. The van der Waals surface area contributed by atoms with Crippen molar-refractivity contribution >= 4 is 9.84 Å². The van der Waals surface area contributed by atoms with Gasteiger partial charge in [-0.1, -0.05) is 0 Å². The van der Waals surface area contributed by atoms with Crippen LogP contribution in [-0.4, -0.2) is 24.5 Å². The highest BCUT2D eigenvalue weighted by atomic mass is 32.2. The van der Waals surface area contributed by atoms with Crippen LogP contribution in [0.15, 0.2) is 11.2 Å². The summed E-state index contributed by atoms with van der Waals surface area (Å²) in [5.41, 5.74) is 0.690. The zero-order valence-electron chi connectivity index (χ0n) is 6.70. The first-order valence-electron chi connectivity index (χ1n) is 3.11. The molecule has 0 aromatic carbocycles. The highest BCUT2D eigenvalue weighted by Gasteiger charge is 2.14. The zero-order chi connectivity index (χ0) is 8.65. The highest BCUT2D eigenvalue weighted by Crippen LogP contribution is 2.11. The molecule has 0 aliphatic rings. The van der Waals surface area contributed by atoms with Crippen molar-refractivity contribution in [3.63, 3.8) is 0 Å². The minimum absolute atomic E-state index is 0.289. The third-order valence-corrected chi connectivity index (χ3v) is 2.70. The van der Waals surface area contributed by atoms with Crippen LogP contribution in [0, 0.1) is 6.92 Å². The third-order valence-electron chi connectivity index (χ3n) is 1.41. The minimum atomic E-state index is -3.12. The summed E-state index contributed by atoms with van der Waals surface area (Å²) in [4.78, 5) is 0. The summed E-state index contributed by atoms with van der Waals surface area (Å²) in [5.74, 6) is 0. The van der Waals surface area contributed by atoms with Gasteiger partial charge in [-0.15, -0.1) is 0 Å². The number of aromatic nitrogens is 2. The molecule has 0 aliphatic carbocycles. The Morgan fingerprint density at radius 1 is 1.55 bits per heavy atom. The van der Waals surface area contributed by atoms with Gasteiger partial charge in [0.05, 0.1) is 6.20 Å². The van der Waals surface area contributed by atoms with Gasteiger partial charge in [-0.05, 0) is 6.92 Å². The summed E-state index contributed by atoms with van der Waals surface area (Å²) in [5, 5.41) is 4.11. The third kappa shape index (κ3) is 1.42. The first-order chi connectivity index (χ1) is 4.93. The molecule has 4 nitrogen and oxygen atoms in total. The number of hydrogen-bond acceptors (Lipinski definition) is 3. The Balaban J connectivity index is 3.45. The molecule has 0 unspecified atom stereocenters. The maximum Gasteiger partial charge on any atom is 0.192 e. The number of sulfone groups is 1. The normalized spacial score (nSPS) is 11.9. The molecule has 0 N–H and O–H groups in total. The van der Waals surface area contributed by atoms with E-state index >= 15 is 0 Å². The van der Waals surface area contributed by atoms with Gasteiger partial charge in [0.1, 0.15) is 0 Å². The van der Waals surface area contributed by atoms with Crippen LogP contribution in [0.3, 0.4) is 0 Å². The lowest BCUT2D eigenvalue weighted by Gasteiger charge is -1.98. The number of rotatable bonds is 1. The van der Waals surface area contributed by atoms with Gasteiger partial charge in [-0.3, -0.25) is 4.68 Å². The summed E-state index contributed by atoms with van der Waals surface area (Å²) < 4.78 is 23.5. The molecule has 0 radical (unpaired) electrons. The van der Waals surface area contributed by atoms with Crippen LogP contribution in [0.5, 0.6) is 0 Å². The van der Waals surface area contributed by atoms with Gasteiger partial charge in [-0.2, -0.15) is 5.10 Å². The van der Waals surface area contributed by atoms with Gasteiger partial charge in [-0.25, -0.2) is 8.42 Å². The first kappa shape index (κ1) is 8.26. The molecular weight excluding hydrogens is 164 g/mol. The quantitative estimate of drug-likeness (QED) is 0.608. The molecule has 0 aliphatic heterocycles. The Morgan fingerprint density at radius 2 is 2.09 bits per heavy atom. The molecular formula is C6H10N2O2S. The van der Waals surface area contributed by atoms with Crippen LogP contribution in [0.4, 0.5) is 0 Å². The molecule has 0 spiro atoms. The fourth-order valence-corrected chi connectivity index (χ4v) is 2.23. The molecule has 1 rings (SSSR count). The lowest BCUT2D eigenvalue weighted by atomic mass is 10.4. The van der Waals surface area contributed by atoms with E-state index in [1.165, 1.54) is 17.1 Å². The van der Waals surface area contributed by atoms with Gasteiger partial charge in [0.25, 0.3) is 0 Å². The van der Waals surface area contributed by atoms with Crippen LogP contribution in [-0.2, 0) is 16.9 Å². The Kier molecular flexibility index (Phi) is 1.75. The smallest absolute Gasteiger partial charge is 0.192 e. The highest BCUT2D eigenvalue weighted by molar-refractivity contribution is 7.90. The Morgan fingerprint density at radius 3 is 2.27 bits per heavy atom. The summed E-state index contributed by atoms with van der Waals surface area (Å²) in [6.45, 7) is 1.73. The van der Waals surface area contributed by atoms with Crippen LogP contribution >= 0.6 is 0 Å². The largest absolute Gasteiger partial charge is 0.257 e. The summed E-state index contributed by atoms with van der Waals surface area (Å²) in [7, 11) is -1.51. The molecule has 1 aromatic heterocycles. The second kappa shape index (κ2) is 2.34. The van der Waals surface area contributed by atoms with Crippen LogP contribution in [0.1, 0.15) is 5.56 Å². The van der Waals surface area contributed by atoms with Crippen molar-refractivity contribution in [2.75, 3.05) is 6.26 Å². The lowest BCUT2D eigenvalue weighted by Crippen LogP contribution is -2.06. The topological polar surface area (TPSA) is 52.0 Å².